The number of halogens is 2. The van der Waals surface area contributed by atoms with Crippen molar-refractivity contribution in [3.63, 3.8) is 0 Å². The van der Waals surface area contributed by atoms with Gasteiger partial charge in [-0.25, -0.2) is 17.8 Å². The van der Waals surface area contributed by atoms with Gasteiger partial charge in [-0.1, -0.05) is 36.4 Å². The molecule has 0 fully saturated rings. The summed E-state index contributed by atoms with van der Waals surface area (Å²) in [5.41, 5.74) is 2.72. The molecule has 0 atom stereocenters. The van der Waals surface area contributed by atoms with E-state index in [1.165, 1.54) is 18.4 Å². The van der Waals surface area contributed by atoms with Crippen LogP contribution >= 0.6 is 24.0 Å². The van der Waals surface area contributed by atoms with E-state index < -0.39 is 9.84 Å². The molecule has 0 saturated heterocycles. The molecule has 0 spiro atoms. The predicted octanol–water partition coefficient (Wildman–Crippen LogP) is 3.24. The zero-order valence-corrected chi connectivity index (χ0v) is 18.6. The number of hydrogen-bond acceptors (Lipinski definition) is 3. The molecule has 0 aliphatic carbocycles. The van der Waals surface area contributed by atoms with Gasteiger partial charge < -0.3 is 10.6 Å². The van der Waals surface area contributed by atoms with Gasteiger partial charge in [-0.15, -0.1) is 24.0 Å². The molecule has 0 aliphatic rings. The van der Waals surface area contributed by atoms with Crippen molar-refractivity contribution in [2.45, 2.75) is 25.8 Å². The first kappa shape index (κ1) is 23.4. The van der Waals surface area contributed by atoms with Crippen LogP contribution in [0.5, 0.6) is 0 Å². The highest BCUT2D eigenvalue weighted by atomic mass is 127. The Balaban J connectivity index is 0.00000364. The summed E-state index contributed by atoms with van der Waals surface area (Å²) in [5.74, 6) is 0.446. The molecule has 0 aliphatic heterocycles. The smallest absolute Gasteiger partial charge is 0.191 e. The van der Waals surface area contributed by atoms with Gasteiger partial charge in [0.2, 0.25) is 0 Å². The van der Waals surface area contributed by atoms with Crippen molar-refractivity contribution < 1.29 is 12.8 Å². The maximum Gasteiger partial charge on any atom is 0.191 e. The lowest BCUT2D eigenvalue weighted by Gasteiger charge is -2.12. The van der Waals surface area contributed by atoms with Crippen molar-refractivity contribution in [3.8, 4) is 0 Å². The maximum absolute atomic E-state index is 12.9. The number of hydrogen-bond donors (Lipinski definition) is 2. The lowest BCUT2D eigenvalue weighted by Crippen LogP contribution is -2.36. The van der Waals surface area contributed by atoms with Crippen LogP contribution in [0.4, 0.5) is 4.39 Å². The summed E-state index contributed by atoms with van der Waals surface area (Å²) >= 11 is 0. The lowest BCUT2D eigenvalue weighted by atomic mass is 10.1. The number of nitrogens with one attached hydrogen (secondary N) is 2. The average Bonchev–Trinajstić information content (AvgIpc) is 2.59. The zero-order chi connectivity index (χ0) is 19.0. The first-order valence-corrected chi connectivity index (χ1v) is 10.4. The van der Waals surface area contributed by atoms with Crippen LogP contribution in [0.1, 0.15) is 23.6 Å². The second-order valence-electron chi connectivity index (χ2n) is 6.06. The SMILES string of the molecule is CCNC(=NCc1ccc(F)cc1)NCc1ccc(CS(C)(=O)=O)cc1.I. The summed E-state index contributed by atoms with van der Waals surface area (Å²) in [4.78, 5) is 4.49. The molecule has 0 saturated carbocycles. The molecule has 5 nitrogen and oxygen atoms in total. The van der Waals surface area contributed by atoms with Gasteiger partial charge >= 0.3 is 0 Å². The summed E-state index contributed by atoms with van der Waals surface area (Å²) in [6, 6.07) is 13.7. The Kier molecular flexibility index (Phi) is 9.71. The second-order valence-corrected chi connectivity index (χ2v) is 8.20. The van der Waals surface area contributed by atoms with E-state index in [1.54, 1.807) is 12.1 Å². The van der Waals surface area contributed by atoms with E-state index in [0.717, 1.165) is 23.2 Å². The van der Waals surface area contributed by atoms with Crippen LogP contribution in [0.2, 0.25) is 0 Å². The highest BCUT2D eigenvalue weighted by molar-refractivity contribution is 14.0. The van der Waals surface area contributed by atoms with Crippen LogP contribution in [0.25, 0.3) is 0 Å². The van der Waals surface area contributed by atoms with Gasteiger partial charge in [0.05, 0.1) is 12.3 Å². The fourth-order valence-electron chi connectivity index (χ4n) is 2.34. The van der Waals surface area contributed by atoms with Crippen molar-refractivity contribution >= 4 is 39.8 Å². The quantitative estimate of drug-likeness (QED) is 0.345. The fraction of sp³-hybridized carbons (Fsp3) is 0.316. The molecule has 0 bridgehead atoms. The highest BCUT2D eigenvalue weighted by Crippen LogP contribution is 2.08. The number of nitrogens with zero attached hydrogens (tertiary/aromatic N) is 1. The van der Waals surface area contributed by atoms with E-state index >= 15 is 0 Å². The van der Waals surface area contributed by atoms with E-state index in [-0.39, 0.29) is 35.5 Å². The van der Waals surface area contributed by atoms with E-state index in [1.807, 2.05) is 31.2 Å². The fourth-order valence-corrected chi connectivity index (χ4v) is 3.14. The molecule has 2 aromatic carbocycles. The highest BCUT2D eigenvalue weighted by Gasteiger charge is 2.04. The summed E-state index contributed by atoms with van der Waals surface area (Å²) in [6.45, 7) is 3.72. The lowest BCUT2D eigenvalue weighted by molar-refractivity contribution is 0.601. The Morgan fingerprint density at radius 2 is 1.52 bits per heavy atom. The van der Waals surface area contributed by atoms with E-state index in [9.17, 15) is 12.8 Å². The zero-order valence-electron chi connectivity index (χ0n) is 15.4. The molecular formula is C19H25FIN3O2S. The number of aliphatic imine (C=N–C) groups is 1. The van der Waals surface area contributed by atoms with Gasteiger partial charge in [-0.2, -0.15) is 0 Å². The van der Waals surface area contributed by atoms with Gasteiger partial charge in [0, 0.05) is 19.3 Å². The topological polar surface area (TPSA) is 70.6 Å². The van der Waals surface area contributed by atoms with Crippen molar-refractivity contribution in [2.24, 2.45) is 4.99 Å². The largest absolute Gasteiger partial charge is 0.357 e. The van der Waals surface area contributed by atoms with Crippen LogP contribution in [-0.4, -0.2) is 27.2 Å². The number of guanidine groups is 1. The molecule has 0 heterocycles. The minimum Gasteiger partial charge on any atom is -0.357 e. The van der Waals surface area contributed by atoms with Crippen molar-refractivity contribution in [1.29, 1.82) is 0 Å². The third-order valence-corrected chi connectivity index (χ3v) is 4.45. The Morgan fingerprint density at radius 1 is 0.963 bits per heavy atom. The Hall–Kier alpha value is -1.68. The molecule has 0 unspecified atom stereocenters. The average molecular weight is 505 g/mol. The van der Waals surface area contributed by atoms with Crippen LogP contribution in [0.3, 0.4) is 0 Å². The third kappa shape index (κ3) is 9.18. The molecule has 27 heavy (non-hydrogen) atoms. The van der Waals surface area contributed by atoms with Crippen LogP contribution < -0.4 is 10.6 Å². The predicted molar refractivity (Wildman–Crippen MR) is 118 cm³/mol. The van der Waals surface area contributed by atoms with Crippen molar-refractivity contribution in [3.05, 3.63) is 71.0 Å². The molecule has 2 aromatic rings. The number of sulfone groups is 1. The minimum atomic E-state index is -3.03. The van der Waals surface area contributed by atoms with Gasteiger partial charge in [-0.3, -0.25) is 0 Å². The maximum atomic E-state index is 12.9. The number of rotatable bonds is 7. The standard InChI is InChI=1S/C19H24FN3O2S.HI/c1-3-21-19(23-13-16-8-10-18(20)11-9-16)22-12-15-4-6-17(7-5-15)14-26(2,24)25;/h4-11H,3,12-14H2,1-2H3,(H2,21,22,23);1H. The van der Waals surface area contributed by atoms with Crippen LogP contribution in [0, 0.1) is 5.82 Å². The molecular weight excluding hydrogens is 480 g/mol. The van der Waals surface area contributed by atoms with Gasteiger partial charge in [0.25, 0.3) is 0 Å². The van der Waals surface area contributed by atoms with Gasteiger partial charge in [-0.05, 0) is 35.7 Å². The molecule has 0 aromatic heterocycles. The Labute approximate surface area is 177 Å². The van der Waals surface area contributed by atoms with Gasteiger partial charge in [0.15, 0.2) is 15.8 Å². The minimum absolute atomic E-state index is 0. The Bertz CT molecular complexity index is 838. The van der Waals surface area contributed by atoms with Crippen molar-refractivity contribution in [1.82, 2.24) is 10.6 Å². The molecule has 2 N–H and O–H groups in total. The Morgan fingerprint density at radius 3 is 2.07 bits per heavy atom. The normalized spacial score (nSPS) is 11.6. The summed E-state index contributed by atoms with van der Waals surface area (Å²) in [5, 5.41) is 6.40. The molecule has 8 heteroatoms. The molecule has 0 radical (unpaired) electrons. The monoisotopic (exact) mass is 505 g/mol. The third-order valence-electron chi connectivity index (χ3n) is 3.59. The second kappa shape index (κ2) is 11.2. The van der Waals surface area contributed by atoms with Gasteiger partial charge in [0.1, 0.15) is 5.82 Å². The van der Waals surface area contributed by atoms with E-state index in [4.69, 9.17) is 0 Å². The van der Waals surface area contributed by atoms with E-state index in [2.05, 4.69) is 15.6 Å². The van der Waals surface area contributed by atoms with E-state index in [0.29, 0.717) is 19.0 Å². The number of benzene rings is 2. The van der Waals surface area contributed by atoms with Crippen molar-refractivity contribution in [2.75, 3.05) is 12.8 Å². The van der Waals surface area contributed by atoms with Crippen LogP contribution in [0.15, 0.2) is 53.5 Å². The summed E-state index contributed by atoms with van der Waals surface area (Å²) in [6.07, 6.45) is 1.22. The summed E-state index contributed by atoms with van der Waals surface area (Å²) in [7, 11) is -3.03. The van der Waals surface area contributed by atoms with Crippen LogP contribution in [-0.2, 0) is 28.7 Å². The molecule has 148 valence electrons. The first-order chi connectivity index (χ1) is 12.4. The molecule has 2 rings (SSSR count). The summed E-state index contributed by atoms with van der Waals surface area (Å²) < 4.78 is 35.6. The first-order valence-electron chi connectivity index (χ1n) is 8.38. The molecule has 0 amide bonds.